The van der Waals surface area contributed by atoms with E-state index >= 15 is 0 Å². The molecule has 1 saturated heterocycles. The Bertz CT molecular complexity index is 313. The van der Waals surface area contributed by atoms with Crippen LogP contribution in [0.1, 0.15) is 27.2 Å². The van der Waals surface area contributed by atoms with Gasteiger partial charge in [0.15, 0.2) is 9.84 Å². The van der Waals surface area contributed by atoms with Crippen LogP contribution in [-0.4, -0.2) is 45.2 Å². The van der Waals surface area contributed by atoms with Gasteiger partial charge in [-0.1, -0.05) is 13.8 Å². The summed E-state index contributed by atoms with van der Waals surface area (Å²) in [7, 11) is -1.24. The van der Waals surface area contributed by atoms with Crippen LogP contribution in [0.4, 0.5) is 0 Å². The quantitative estimate of drug-likeness (QED) is 0.784. The van der Waals surface area contributed by atoms with Gasteiger partial charge in [-0.15, -0.1) is 0 Å². The molecular weight excluding hydrogens is 226 g/mol. The predicted octanol–water partition coefficient (Wildman–Crippen LogP) is 0.823. The number of hydrogen-bond acceptors (Lipinski definition) is 4. The molecule has 1 rings (SSSR count). The van der Waals surface area contributed by atoms with Gasteiger partial charge in [-0.05, 0) is 26.3 Å². The predicted molar refractivity (Wildman–Crippen MR) is 65.3 cm³/mol. The lowest BCUT2D eigenvalue weighted by Gasteiger charge is -2.23. The molecule has 0 aliphatic carbocycles. The highest BCUT2D eigenvalue weighted by Gasteiger charge is 2.37. The zero-order valence-electron chi connectivity index (χ0n) is 10.6. The molecule has 0 radical (unpaired) electrons. The van der Waals surface area contributed by atoms with Crippen LogP contribution in [0.15, 0.2) is 0 Å². The zero-order chi connectivity index (χ0) is 12.3. The van der Waals surface area contributed by atoms with E-state index < -0.39 is 9.84 Å². The molecule has 96 valence electrons. The molecule has 0 spiro atoms. The maximum atomic E-state index is 12.2. The lowest BCUT2D eigenvalue weighted by atomic mass is 10.1. The Balaban J connectivity index is 2.70. The van der Waals surface area contributed by atoms with Crippen molar-refractivity contribution in [3.8, 4) is 0 Å². The van der Waals surface area contributed by atoms with Crippen molar-refractivity contribution in [3.63, 3.8) is 0 Å². The second-order valence-electron chi connectivity index (χ2n) is 4.87. The topological polar surface area (TPSA) is 55.4 Å². The largest absolute Gasteiger partial charge is 0.377 e. The lowest BCUT2D eigenvalue weighted by molar-refractivity contribution is 0.126. The maximum Gasteiger partial charge on any atom is 0.157 e. The van der Waals surface area contributed by atoms with Gasteiger partial charge in [0.05, 0.1) is 17.1 Å². The molecule has 1 aliphatic rings. The number of hydrogen-bond donors (Lipinski definition) is 1. The third-order valence-corrected chi connectivity index (χ3v) is 5.72. The van der Waals surface area contributed by atoms with Crippen LogP contribution in [0.3, 0.4) is 0 Å². The van der Waals surface area contributed by atoms with Crippen molar-refractivity contribution in [2.45, 2.75) is 44.6 Å². The molecule has 0 bridgehead atoms. The fourth-order valence-corrected chi connectivity index (χ4v) is 4.58. The minimum absolute atomic E-state index is 0.0257. The molecule has 5 heteroatoms. The highest BCUT2D eigenvalue weighted by Crippen LogP contribution is 2.22. The van der Waals surface area contributed by atoms with E-state index in [0.29, 0.717) is 18.9 Å². The summed E-state index contributed by atoms with van der Waals surface area (Å²) in [6.45, 7) is 6.48. The first kappa shape index (κ1) is 13.9. The van der Waals surface area contributed by atoms with E-state index in [1.807, 2.05) is 27.8 Å². The molecule has 0 saturated carbocycles. The van der Waals surface area contributed by atoms with Crippen molar-refractivity contribution in [2.24, 2.45) is 5.92 Å². The molecule has 0 aromatic carbocycles. The fraction of sp³-hybridized carbons (Fsp3) is 1.00. The molecule has 1 N–H and O–H groups in total. The summed E-state index contributed by atoms with van der Waals surface area (Å²) in [6.07, 6.45) is 0.479. The van der Waals surface area contributed by atoms with Crippen LogP contribution in [0.5, 0.6) is 0 Å². The molecule has 3 unspecified atom stereocenters. The van der Waals surface area contributed by atoms with Crippen molar-refractivity contribution in [2.75, 3.05) is 19.4 Å². The van der Waals surface area contributed by atoms with E-state index in [1.54, 1.807) is 0 Å². The Morgan fingerprint density at radius 3 is 2.44 bits per heavy atom. The molecule has 0 amide bonds. The van der Waals surface area contributed by atoms with E-state index in [2.05, 4.69) is 5.32 Å². The Morgan fingerprint density at radius 1 is 1.44 bits per heavy atom. The van der Waals surface area contributed by atoms with Gasteiger partial charge in [0.1, 0.15) is 0 Å². The molecule has 0 aromatic rings. The second kappa shape index (κ2) is 5.47. The maximum absolute atomic E-state index is 12.2. The molecular formula is C11H23NO3S. The molecule has 16 heavy (non-hydrogen) atoms. The van der Waals surface area contributed by atoms with Crippen molar-refractivity contribution in [3.05, 3.63) is 0 Å². The first-order chi connectivity index (χ1) is 7.38. The molecule has 4 nitrogen and oxygen atoms in total. The highest BCUT2D eigenvalue weighted by molar-refractivity contribution is 7.92. The normalized spacial score (nSPS) is 28.6. The minimum Gasteiger partial charge on any atom is -0.377 e. The standard InChI is InChI=1S/C11H23NO3S/c1-8(2)10(12-4)7-16(13,14)11-5-6-15-9(11)3/h8-12H,5-7H2,1-4H3. The zero-order valence-corrected chi connectivity index (χ0v) is 11.4. The first-order valence-corrected chi connectivity index (χ1v) is 7.60. The van der Waals surface area contributed by atoms with Gasteiger partial charge in [-0.2, -0.15) is 0 Å². The van der Waals surface area contributed by atoms with Crippen LogP contribution >= 0.6 is 0 Å². The average molecular weight is 249 g/mol. The summed E-state index contributed by atoms with van der Waals surface area (Å²) in [4.78, 5) is 0. The molecule has 1 fully saturated rings. The average Bonchev–Trinajstić information content (AvgIpc) is 2.61. The van der Waals surface area contributed by atoms with Crippen LogP contribution in [0.2, 0.25) is 0 Å². The highest BCUT2D eigenvalue weighted by atomic mass is 32.2. The Labute approximate surface area is 98.7 Å². The van der Waals surface area contributed by atoms with Crippen LogP contribution in [0, 0.1) is 5.92 Å². The summed E-state index contributed by atoms with van der Waals surface area (Å²) in [5.74, 6) is 0.525. The van der Waals surface area contributed by atoms with Crippen molar-refractivity contribution < 1.29 is 13.2 Å². The number of ether oxygens (including phenoxy) is 1. The van der Waals surface area contributed by atoms with E-state index in [-0.39, 0.29) is 23.1 Å². The molecule has 0 aromatic heterocycles. The van der Waals surface area contributed by atoms with Gasteiger partial charge < -0.3 is 10.1 Å². The van der Waals surface area contributed by atoms with Gasteiger partial charge in [-0.3, -0.25) is 0 Å². The number of rotatable bonds is 5. The van der Waals surface area contributed by atoms with Gasteiger partial charge in [0, 0.05) is 12.6 Å². The monoisotopic (exact) mass is 249 g/mol. The van der Waals surface area contributed by atoms with Crippen molar-refractivity contribution in [1.82, 2.24) is 5.32 Å². The fourth-order valence-electron chi connectivity index (χ4n) is 2.17. The lowest BCUT2D eigenvalue weighted by Crippen LogP contribution is -2.42. The van der Waals surface area contributed by atoms with Crippen LogP contribution in [-0.2, 0) is 14.6 Å². The number of sulfone groups is 1. The first-order valence-electron chi connectivity index (χ1n) is 5.89. The molecule has 1 heterocycles. The van der Waals surface area contributed by atoms with Crippen LogP contribution < -0.4 is 5.32 Å². The Hall–Kier alpha value is -0.130. The van der Waals surface area contributed by atoms with Crippen molar-refractivity contribution >= 4 is 9.84 Å². The van der Waals surface area contributed by atoms with E-state index in [9.17, 15) is 8.42 Å². The summed E-state index contributed by atoms with van der Waals surface area (Å²) in [5, 5.41) is 2.76. The van der Waals surface area contributed by atoms with Crippen molar-refractivity contribution in [1.29, 1.82) is 0 Å². The SMILES string of the molecule is CNC(CS(=O)(=O)C1CCOC1C)C(C)C. The summed E-state index contributed by atoms with van der Waals surface area (Å²) >= 11 is 0. The van der Waals surface area contributed by atoms with Gasteiger partial charge in [0.2, 0.25) is 0 Å². The van der Waals surface area contributed by atoms with E-state index in [0.717, 1.165) is 0 Å². The van der Waals surface area contributed by atoms with Gasteiger partial charge >= 0.3 is 0 Å². The third-order valence-electron chi connectivity index (χ3n) is 3.36. The van der Waals surface area contributed by atoms with Gasteiger partial charge in [0.25, 0.3) is 0 Å². The minimum atomic E-state index is -3.05. The van der Waals surface area contributed by atoms with Crippen LogP contribution in [0.25, 0.3) is 0 Å². The smallest absolute Gasteiger partial charge is 0.157 e. The number of nitrogens with one attached hydrogen (secondary N) is 1. The van der Waals surface area contributed by atoms with E-state index in [1.165, 1.54) is 0 Å². The summed E-state index contributed by atoms with van der Waals surface area (Å²) in [6, 6.07) is 0.0257. The van der Waals surface area contributed by atoms with E-state index in [4.69, 9.17) is 4.74 Å². The third kappa shape index (κ3) is 3.18. The Morgan fingerprint density at radius 2 is 2.06 bits per heavy atom. The Kier molecular flexibility index (Phi) is 4.76. The summed E-state index contributed by atoms with van der Waals surface area (Å²) < 4.78 is 29.7. The summed E-state index contributed by atoms with van der Waals surface area (Å²) in [5.41, 5.74) is 0. The molecule has 1 aliphatic heterocycles. The van der Waals surface area contributed by atoms with Gasteiger partial charge in [-0.25, -0.2) is 8.42 Å². The second-order valence-corrected chi connectivity index (χ2v) is 7.14. The molecule has 3 atom stereocenters.